The number of ketones is 1. The topological polar surface area (TPSA) is 85.1 Å². The molecule has 0 unspecified atom stereocenters. The summed E-state index contributed by atoms with van der Waals surface area (Å²) in [5.41, 5.74) is 2.26. The number of nitro benzene ring substituents is 1. The summed E-state index contributed by atoms with van der Waals surface area (Å²) >= 11 is 0. The molecule has 1 aromatic heterocycles. The Morgan fingerprint density at radius 3 is 2.77 bits per heavy atom. The summed E-state index contributed by atoms with van der Waals surface area (Å²) in [4.78, 5) is 25.6. The van der Waals surface area contributed by atoms with Crippen molar-refractivity contribution in [3.8, 4) is 0 Å². The Morgan fingerprint density at radius 2 is 2.14 bits per heavy atom. The van der Waals surface area contributed by atoms with E-state index in [2.05, 4.69) is 10.3 Å². The van der Waals surface area contributed by atoms with Crippen LogP contribution in [-0.4, -0.2) is 15.7 Å². The van der Waals surface area contributed by atoms with E-state index >= 15 is 0 Å². The fourth-order valence-corrected chi connectivity index (χ4v) is 1.89. The molecule has 0 aliphatic rings. The van der Waals surface area contributed by atoms with Crippen molar-refractivity contribution in [3.05, 3.63) is 63.8 Å². The Labute approximate surface area is 127 Å². The molecular formula is C16H15N3O3. The van der Waals surface area contributed by atoms with Gasteiger partial charge in [0.2, 0.25) is 0 Å². The van der Waals surface area contributed by atoms with Crippen LogP contribution < -0.4 is 5.32 Å². The van der Waals surface area contributed by atoms with E-state index in [0.29, 0.717) is 5.82 Å². The van der Waals surface area contributed by atoms with E-state index in [1.807, 2.05) is 6.07 Å². The van der Waals surface area contributed by atoms with Crippen molar-refractivity contribution in [3.63, 3.8) is 0 Å². The van der Waals surface area contributed by atoms with Gasteiger partial charge < -0.3 is 5.32 Å². The number of anilines is 2. The summed E-state index contributed by atoms with van der Waals surface area (Å²) < 4.78 is 0. The van der Waals surface area contributed by atoms with Crippen LogP contribution in [0.1, 0.15) is 18.1 Å². The molecule has 6 heteroatoms. The van der Waals surface area contributed by atoms with Gasteiger partial charge in [-0.2, -0.15) is 0 Å². The Morgan fingerprint density at radius 1 is 1.36 bits per heavy atom. The minimum atomic E-state index is -0.432. The third kappa shape index (κ3) is 3.76. The number of rotatable bonds is 5. The highest BCUT2D eigenvalue weighted by atomic mass is 16.6. The van der Waals surface area contributed by atoms with Crippen LogP contribution in [0, 0.1) is 17.0 Å². The lowest BCUT2D eigenvalue weighted by Crippen LogP contribution is -1.99. The molecule has 112 valence electrons. The van der Waals surface area contributed by atoms with Crippen LogP contribution in [0.4, 0.5) is 17.2 Å². The highest BCUT2D eigenvalue weighted by Gasteiger charge is 2.09. The van der Waals surface area contributed by atoms with Gasteiger partial charge in [-0.25, -0.2) is 4.98 Å². The van der Waals surface area contributed by atoms with Crippen LogP contribution in [0.5, 0.6) is 0 Å². The van der Waals surface area contributed by atoms with E-state index < -0.39 is 4.92 Å². The number of allylic oxidation sites excluding steroid dienone is 1. The third-order valence-corrected chi connectivity index (χ3v) is 3.01. The summed E-state index contributed by atoms with van der Waals surface area (Å²) in [7, 11) is 0. The molecule has 2 rings (SSSR count). The Hall–Kier alpha value is -3.02. The van der Waals surface area contributed by atoms with E-state index in [1.165, 1.54) is 25.1 Å². The number of carbonyl (C=O) groups excluding carboxylic acids is 1. The molecule has 0 aliphatic carbocycles. The van der Waals surface area contributed by atoms with Gasteiger partial charge in [0.05, 0.1) is 4.92 Å². The number of aryl methyl sites for hydroxylation is 1. The lowest BCUT2D eigenvalue weighted by atomic mass is 10.1. The zero-order valence-electron chi connectivity index (χ0n) is 12.2. The Bertz CT molecular complexity index is 754. The van der Waals surface area contributed by atoms with Gasteiger partial charge >= 0.3 is 0 Å². The van der Waals surface area contributed by atoms with Crippen LogP contribution in [0.15, 0.2) is 42.6 Å². The zero-order valence-corrected chi connectivity index (χ0v) is 12.2. The number of non-ortho nitro benzene ring substituents is 1. The first-order chi connectivity index (χ1) is 10.5. The lowest BCUT2D eigenvalue weighted by molar-refractivity contribution is -0.384. The highest BCUT2D eigenvalue weighted by Crippen LogP contribution is 2.25. The van der Waals surface area contributed by atoms with Crippen LogP contribution in [0.2, 0.25) is 0 Å². The number of nitrogens with one attached hydrogen (secondary N) is 1. The first kappa shape index (κ1) is 15.4. The maximum atomic E-state index is 11.1. The predicted octanol–water partition coefficient (Wildman–Crippen LogP) is 3.64. The third-order valence-electron chi connectivity index (χ3n) is 3.01. The fourth-order valence-electron chi connectivity index (χ4n) is 1.89. The minimum absolute atomic E-state index is 0.0424. The normalized spacial score (nSPS) is 10.6. The SMILES string of the molecule is CC(=O)/C=C/c1cccnc1Nc1ccc([N+](=O)[O-])cc1C. The summed E-state index contributed by atoms with van der Waals surface area (Å²) in [5.74, 6) is 0.526. The molecular weight excluding hydrogens is 282 g/mol. The Kier molecular flexibility index (Phi) is 4.63. The van der Waals surface area contributed by atoms with Crippen molar-refractivity contribution in [1.82, 2.24) is 4.98 Å². The molecule has 0 atom stereocenters. The number of aromatic nitrogens is 1. The summed E-state index contributed by atoms with van der Waals surface area (Å²) in [5, 5.41) is 13.9. The second-order valence-corrected chi connectivity index (χ2v) is 4.77. The molecule has 0 bridgehead atoms. The zero-order chi connectivity index (χ0) is 16.1. The summed E-state index contributed by atoms with van der Waals surface area (Å²) in [6, 6.07) is 8.17. The van der Waals surface area contributed by atoms with E-state index in [-0.39, 0.29) is 11.5 Å². The largest absolute Gasteiger partial charge is 0.340 e. The first-order valence-corrected chi connectivity index (χ1v) is 6.63. The average Bonchev–Trinajstić information content (AvgIpc) is 2.48. The number of nitro groups is 1. The fraction of sp³-hybridized carbons (Fsp3) is 0.125. The molecule has 0 saturated heterocycles. The molecule has 22 heavy (non-hydrogen) atoms. The smallest absolute Gasteiger partial charge is 0.269 e. The summed E-state index contributed by atoms with van der Waals surface area (Å²) in [6.07, 6.45) is 4.78. The van der Waals surface area contributed by atoms with Crippen LogP contribution >= 0.6 is 0 Å². The number of carbonyl (C=O) groups is 1. The van der Waals surface area contributed by atoms with Gasteiger partial charge in [0.1, 0.15) is 5.82 Å². The molecule has 1 aromatic carbocycles. The maximum Gasteiger partial charge on any atom is 0.269 e. The second-order valence-electron chi connectivity index (χ2n) is 4.77. The van der Waals surface area contributed by atoms with Crippen LogP contribution in [0.3, 0.4) is 0 Å². The molecule has 6 nitrogen and oxygen atoms in total. The number of hydrogen-bond acceptors (Lipinski definition) is 5. The van der Waals surface area contributed by atoms with E-state index in [1.54, 1.807) is 31.3 Å². The van der Waals surface area contributed by atoms with Gasteiger partial charge in [0.25, 0.3) is 5.69 Å². The van der Waals surface area contributed by atoms with Gasteiger partial charge in [0, 0.05) is 29.6 Å². The molecule has 0 radical (unpaired) electrons. The molecule has 2 aromatic rings. The van der Waals surface area contributed by atoms with Crippen molar-refractivity contribution >= 4 is 29.1 Å². The maximum absolute atomic E-state index is 11.1. The van der Waals surface area contributed by atoms with Crippen LogP contribution in [-0.2, 0) is 4.79 Å². The molecule has 0 amide bonds. The average molecular weight is 297 g/mol. The molecule has 0 aliphatic heterocycles. The number of nitrogens with zero attached hydrogens (tertiary/aromatic N) is 2. The molecule has 0 fully saturated rings. The molecule has 1 heterocycles. The van der Waals surface area contributed by atoms with Crippen LogP contribution in [0.25, 0.3) is 6.08 Å². The standard InChI is InChI=1S/C16H15N3O3/c1-11-10-14(19(21)22)7-8-15(11)18-16-13(4-3-9-17-16)6-5-12(2)20/h3-10H,1-2H3,(H,17,18)/b6-5+. The Balaban J connectivity index is 2.31. The predicted molar refractivity (Wildman–Crippen MR) is 85.1 cm³/mol. The van der Waals surface area contributed by atoms with E-state index in [4.69, 9.17) is 0 Å². The van der Waals surface area contributed by atoms with Crippen molar-refractivity contribution < 1.29 is 9.72 Å². The van der Waals surface area contributed by atoms with Crippen molar-refractivity contribution in [2.45, 2.75) is 13.8 Å². The van der Waals surface area contributed by atoms with Gasteiger partial charge in [0.15, 0.2) is 5.78 Å². The van der Waals surface area contributed by atoms with Gasteiger partial charge in [-0.1, -0.05) is 0 Å². The van der Waals surface area contributed by atoms with Crippen molar-refractivity contribution in [2.75, 3.05) is 5.32 Å². The number of benzene rings is 1. The van der Waals surface area contributed by atoms with E-state index in [9.17, 15) is 14.9 Å². The summed E-state index contributed by atoms with van der Waals surface area (Å²) in [6.45, 7) is 3.25. The number of hydrogen-bond donors (Lipinski definition) is 1. The molecule has 0 spiro atoms. The monoisotopic (exact) mass is 297 g/mol. The van der Waals surface area contributed by atoms with Gasteiger partial charge in [-0.15, -0.1) is 0 Å². The molecule has 0 saturated carbocycles. The van der Waals surface area contributed by atoms with Gasteiger partial charge in [-0.05, 0) is 49.8 Å². The second kappa shape index (κ2) is 6.62. The minimum Gasteiger partial charge on any atom is -0.340 e. The lowest BCUT2D eigenvalue weighted by Gasteiger charge is -2.10. The molecule has 1 N–H and O–H groups in total. The first-order valence-electron chi connectivity index (χ1n) is 6.63. The highest BCUT2D eigenvalue weighted by molar-refractivity contribution is 5.92. The van der Waals surface area contributed by atoms with Crippen molar-refractivity contribution in [2.24, 2.45) is 0 Å². The van der Waals surface area contributed by atoms with Crippen molar-refractivity contribution in [1.29, 1.82) is 0 Å². The van der Waals surface area contributed by atoms with E-state index in [0.717, 1.165) is 16.8 Å². The number of pyridine rings is 1. The quantitative estimate of drug-likeness (QED) is 0.517. The van der Waals surface area contributed by atoms with Gasteiger partial charge in [-0.3, -0.25) is 14.9 Å².